The number of furan rings is 1. The summed E-state index contributed by atoms with van der Waals surface area (Å²) in [6.45, 7) is 0. The molecule has 272 valence electrons. The fourth-order valence-corrected chi connectivity index (χ4v) is 10.8. The fourth-order valence-electron chi connectivity index (χ4n) is 9.62. The molecule has 11 aromatic rings. The van der Waals surface area contributed by atoms with Crippen LogP contribution in [0.25, 0.3) is 64.4 Å². The van der Waals surface area contributed by atoms with Crippen LogP contribution in [0.1, 0.15) is 22.3 Å². The van der Waals surface area contributed by atoms with Crippen molar-refractivity contribution in [2.75, 3.05) is 4.90 Å². The van der Waals surface area contributed by atoms with Crippen LogP contribution in [0.15, 0.2) is 217 Å². The summed E-state index contributed by atoms with van der Waals surface area (Å²) in [6, 6.07) is 77.4. The molecule has 2 heterocycles. The zero-order chi connectivity index (χ0) is 38.2. The lowest BCUT2D eigenvalue weighted by atomic mass is 9.68. The number of benzene rings is 9. The molecular formula is C55H35NOS. The van der Waals surface area contributed by atoms with Gasteiger partial charge in [-0.3, -0.25) is 0 Å². The van der Waals surface area contributed by atoms with Gasteiger partial charge in [-0.1, -0.05) is 164 Å². The molecule has 1 aliphatic rings. The molecule has 0 fully saturated rings. The highest BCUT2D eigenvalue weighted by Gasteiger charge is 2.46. The van der Waals surface area contributed by atoms with Crippen molar-refractivity contribution in [1.29, 1.82) is 0 Å². The average molecular weight is 758 g/mol. The summed E-state index contributed by atoms with van der Waals surface area (Å²) in [7, 11) is 0. The first-order valence-corrected chi connectivity index (χ1v) is 20.6. The third kappa shape index (κ3) is 4.84. The number of para-hydroxylation sites is 2. The van der Waals surface area contributed by atoms with Crippen LogP contribution >= 0.6 is 11.3 Å². The number of nitrogens with zero attached hydrogens (tertiary/aromatic N) is 1. The van der Waals surface area contributed by atoms with Crippen molar-refractivity contribution in [3.8, 4) is 22.3 Å². The molecule has 0 amide bonds. The molecule has 0 spiro atoms. The topological polar surface area (TPSA) is 16.4 Å². The Balaban J connectivity index is 1.06. The highest BCUT2D eigenvalue weighted by molar-refractivity contribution is 7.25. The lowest BCUT2D eigenvalue weighted by Crippen LogP contribution is -2.28. The molecule has 1 aliphatic carbocycles. The van der Waals surface area contributed by atoms with Gasteiger partial charge in [0.1, 0.15) is 5.58 Å². The van der Waals surface area contributed by atoms with Crippen LogP contribution < -0.4 is 4.90 Å². The van der Waals surface area contributed by atoms with Crippen LogP contribution in [0.2, 0.25) is 0 Å². The van der Waals surface area contributed by atoms with Gasteiger partial charge in [0, 0.05) is 42.3 Å². The third-order valence-electron chi connectivity index (χ3n) is 12.2. The maximum atomic E-state index is 6.72. The van der Waals surface area contributed by atoms with Gasteiger partial charge in [0.25, 0.3) is 0 Å². The van der Waals surface area contributed by atoms with Crippen LogP contribution in [-0.2, 0) is 5.41 Å². The first-order chi connectivity index (χ1) is 28.8. The van der Waals surface area contributed by atoms with Crippen molar-refractivity contribution in [2.24, 2.45) is 0 Å². The van der Waals surface area contributed by atoms with Gasteiger partial charge in [-0.2, -0.15) is 0 Å². The van der Waals surface area contributed by atoms with Crippen molar-refractivity contribution in [1.82, 2.24) is 0 Å². The number of fused-ring (bicyclic) bond motifs is 9. The molecule has 0 saturated heterocycles. The Morgan fingerprint density at radius 1 is 0.397 bits per heavy atom. The lowest BCUT2D eigenvalue weighted by Gasteiger charge is -2.34. The van der Waals surface area contributed by atoms with Crippen molar-refractivity contribution < 1.29 is 4.42 Å². The monoisotopic (exact) mass is 757 g/mol. The fraction of sp³-hybridized carbons (Fsp3) is 0.0182. The second-order valence-electron chi connectivity index (χ2n) is 15.2. The molecule has 0 radical (unpaired) electrons. The first kappa shape index (κ1) is 33.0. The Hall–Kier alpha value is -7.20. The standard InChI is InChI=1S/C55H35NOS/c1-3-14-38(15-4-1)55(39-16-5-2-6-17-39)48-22-10-7-18-42(48)47-35-41(31-33-49(47)55)56(50-23-13-21-46-43-19-8-11-24-51(43)57-54(46)50)40-29-26-36(27-30-40)37-28-32-45-44-20-9-12-25-52(44)58-53(45)34-37/h1-35H. The van der Waals surface area contributed by atoms with E-state index in [1.54, 1.807) is 0 Å². The molecule has 3 heteroatoms. The summed E-state index contributed by atoms with van der Waals surface area (Å²) >= 11 is 1.86. The van der Waals surface area contributed by atoms with Crippen molar-refractivity contribution in [3.63, 3.8) is 0 Å². The Morgan fingerprint density at radius 3 is 1.83 bits per heavy atom. The van der Waals surface area contributed by atoms with E-state index < -0.39 is 5.41 Å². The third-order valence-corrected chi connectivity index (χ3v) is 13.3. The second-order valence-corrected chi connectivity index (χ2v) is 16.3. The van der Waals surface area contributed by atoms with Gasteiger partial charge in [-0.15, -0.1) is 11.3 Å². The van der Waals surface area contributed by atoms with Gasteiger partial charge >= 0.3 is 0 Å². The summed E-state index contributed by atoms with van der Waals surface area (Å²) in [5.74, 6) is 0. The van der Waals surface area contributed by atoms with Gasteiger partial charge in [-0.05, 0) is 93.0 Å². The normalized spacial score (nSPS) is 13.0. The molecule has 0 saturated carbocycles. The minimum absolute atomic E-state index is 0.465. The van der Waals surface area contributed by atoms with Crippen molar-refractivity contribution in [3.05, 3.63) is 235 Å². The molecule has 0 bridgehead atoms. The maximum absolute atomic E-state index is 6.72. The van der Waals surface area contributed by atoms with E-state index in [1.165, 1.54) is 64.7 Å². The highest BCUT2D eigenvalue weighted by Crippen LogP contribution is 2.57. The number of thiophene rings is 1. The van der Waals surface area contributed by atoms with E-state index in [0.717, 1.165) is 39.0 Å². The number of hydrogen-bond donors (Lipinski definition) is 0. The highest BCUT2D eigenvalue weighted by atomic mass is 32.1. The van der Waals surface area contributed by atoms with E-state index in [-0.39, 0.29) is 0 Å². The van der Waals surface area contributed by atoms with Gasteiger partial charge in [0.2, 0.25) is 0 Å². The molecule has 9 aromatic carbocycles. The quantitative estimate of drug-likeness (QED) is 0.168. The first-order valence-electron chi connectivity index (χ1n) is 19.8. The number of rotatable bonds is 6. The van der Waals surface area contributed by atoms with Gasteiger partial charge in [0.15, 0.2) is 5.58 Å². The van der Waals surface area contributed by atoms with Crippen LogP contribution in [0.4, 0.5) is 17.1 Å². The molecule has 0 atom stereocenters. The molecule has 0 unspecified atom stereocenters. The summed E-state index contributed by atoms with van der Waals surface area (Å²) in [5, 5.41) is 4.85. The summed E-state index contributed by atoms with van der Waals surface area (Å²) in [5.41, 5.74) is 14.4. The summed E-state index contributed by atoms with van der Waals surface area (Å²) in [6.07, 6.45) is 0. The smallest absolute Gasteiger partial charge is 0.159 e. The Labute approximate surface area is 340 Å². The van der Waals surface area contributed by atoms with E-state index in [9.17, 15) is 0 Å². The number of anilines is 3. The van der Waals surface area contributed by atoms with Crippen LogP contribution in [0, 0.1) is 0 Å². The van der Waals surface area contributed by atoms with Crippen LogP contribution in [0.5, 0.6) is 0 Å². The van der Waals surface area contributed by atoms with Crippen LogP contribution in [-0.4, -0.2) is 0 Å². The predicted molar refractivity (Wildman–Crippen MR) is 244 cm³/mol. The summed E-state index contributed by atoms with van der Waals surface area (Å²) < 4.78 is 9.35. The van der Waals surface area contributed by atoms with Crippen molar-refractivity contribution in [2.45, 2.75) is 5.41 Å². The van der Waals surface area contributed by atoms with E-state index in [2.05, 4.69) is 211 Å². The molecule has 58 heavy (non-hydrogen) atoms. The van der Waals surface area contributed by atoms with Crippen molar-refractivity contribution >= 4 is 70.5 Å². The van der Waals surface area contributed by atoms with E-state index in [1.807, 2.05) is 17.4 Å². The largest absolute Gasteiger partial charge is 0.454 e. The zero-order valence-corrected chi connectivity index (χ0v) is 32.3. The lowest BCUT2D eigenvalue weighted by molar-refractivity contribution is 0.669. The van der Waals surface area contributed by atoms with Gasteiger partial charge in [-0.25, -0.2) is 0 Å². The zero-order valence-electron chi connectivity index (χ0n) is 31.5. The van der Waals surface area contributed by atoms with E-state index in [4.69, 9.17) is 4.42 Å². The Bertz CT molecular complexity index is 3300. The Kier molecular flexibility index (Phi) is 7.35. The SMILES string of the molecule is c1ccc(C2(c3ccccc3)c3ccccc3-c3cc(N(c4ccc(-c5ccc6c(c5)sc5ccccc56)cc4)c4cccc5c4oc4ccccc45)ccc32)cc1. The van der Waals surface area contributed by atoms with Crippen LogP contribution in [0.3, 0.4) is 0 Å². The Morgan fingerprint density at radius 2 is 1.02 bits per heavy atom. The van der Waals surface area contributed by atoms with E-state index in [0.29, 0.717) is 0 Å². The molecule has 2 aromatic heterocycles. The maximum Gasteiger partial charge on any atom is 0.159 e. The molecule has 0 aliphatic heterocycles. The molecule has 0 N–H and O–H groups in total. The second kappa shape index (κ2) is 12.9. The predicted octanol–water partition coefficient (Wildman–Crippen LogP) is 15.5. The average Bonchev–Trinajstić information content (AvgIpc) is 3.96. The van der Waals surface area contributed by atoms with E-state index >= 15 is 0 Å². The number of hydrogen-bond acceptors (Lipinski definition) is 3. The minimum Gasteiger partial charge on any atom is -0.454 e. The molecule has 2 nitrogen and oxygen atoms in total. The summed E-state index contributed by atoms with van der Waals surface area (Å²) in [4.78, 5) is 2.37. The minimum atomic E-state index is -0.465. The molecular weight excluding hydrogens is 723 g/mol. The molecule has 12 rings (SSSR count). The van der Waals surface area contributed by atoms with Gasteiger partial charge < -0.3 is 9.32 Å². The van der Waals surface area contributed by atoms with Gasteiger partial charge in [0.05, 0.1) is 11.1 Å².